The second-order valence-electron chi connectivity index (χ2n) is 4.43. The van der Waals surface area contributed by atoms with E-state index in [0.717, 1.165) is 12.1 Å². The highest BCUT2D eigenvalue weighted by atomic mass is 16.6. The summed E-state index contributed by atoms with van der Waals surface area (Å²) >= 11 is 0. The van der Waals surface area contributed by atoms with E-state index in [0.29, 0.717) is 5.56 Å². The normalized spacial score (nSPS) is 10.5. The largest absolute Gasteiger partial charge is 0.301 e. The molecule has 2 rings (SSSR count). The predicted octanol–water partition coefficient (Wildman–Crippen LogP) is 2.86. The van der Waals surface area contributed by atoms with E-state index >= 15 is 0 Å². The molecule has 0 saturated heterocycles. The van der Waals surface area contributed by atoms with Gasteiger partial charge in [0.05, 0.1) is 27.1 Å². The van der Waals surface area contributed by atoms with Gasteiger partial charge < -0.3 is 0 Å². The number of benzene rings is 2. The Morgan fingerprint density at radius 1 is 0.833 bits per heavy atom. The molecular weight excluding hydrogens is 322 g/mol. The van der Waals surface area contributed by atoms with Gasteiger partial charge >= 0.3 is 5.69 Å². The number of nitro groups is 3. The fourth-order valence-electron chi connectivity index (χ4n) is 1.74. The lowest BCUT2D eigenvalue weighted by Gasteiger charge is -2.01. The summed E-state index contributed by atoms with van der Waals surface area (Å²) in [5.41, 5.74) is 1.94. The van der Waals surface area contributed by atoms with Crippen molar-refractivity contribution >= 4 is 29.0 Å². The van der Waals surface area contributed by atoms with Crippen molar-refractivity contribution in [2.75, 3.05) is 5.43 Å². The van der Waals surface area contributed by atoms with E-state index in [1.807, 2.05) is 0 Å². The van der Waals surface area contributed by atoms with Crippen LogP contribution in [0, 0.1) is 30.3 Å². The van der Waals surface area contributed by atoms with Crippen molar-refractivity contribution in [2.45, 2.75) is 0 Å². The van der Waals surface area contributed by atoms with Gasteiger partial charge in [-0.15, -0.1) is 0 Å². The zero-order chi connectivity index (χ0) is 17.7. The van der Waals surface area contributed by atoms with Crippen molar-refractivity contribution in [3.8, 4) is 0 Å². The molecule has 122 valence electrons. The number of hydrogen-bond donors (Lipinski definition) is 1. The lowest BCUT2D eigenvalue weighted by Crippen LogP contribution is -1.98. The first-order valence-corrected chi connectivity index (χ1v) is 6.35. The third kappa shape index (κ3) is 3.85. The number of rotatable bonds is 6. The first-order chi connectivity index (χ1) is 11.4. The topological polar surface area (TPSA) is 154 Å². The summed E-state index contributed by atoms with van der Waals surface area (Å²) in [7, 11) is 0. The average Bonchev–Trinajstić information content (AvgIpc) is 2.55. The monoisotopic (exact) mass is 331 g/mol. The van der Waals surface area contributed by atoms with Crippen molar-refractivity contribution in [2.24, 2.45) is 5.10 Å². The van der Waals surface area contributed by atoms with Gasteiger partial charge in [-0.05, 0) is 23.8 Å². The van der Waals surface area contributed by atoms with E-state index in [-0.39, 0.29) is 11.4 Å². The van der Waals surface area contributed by atoms with E-state index < -0.39 is 26.1 Å². The van der Waals surface area contributed by atoms with Gasteiger partial charge in [-0.3, -0.25) is 35.8 Å². The maximum absolute atomic E-state index is 11.0. The SMILES string of the molecule is O=[N+]([O-])c1ccc(/C=N\Nc2ccc([N+](=O)[O-])cc2[N+](=O)[O-])cc1. The first-order valence-electron chi connectivity index (χ1n) is 6.35. The van der Waals surface area contributed by atoms with Gasteiger partial charge in [-0.1, -0.05) is 0 Å². The van der Waals surface area contributed by atoms with Crippen LogP contribution in [0.25, 0.3) is 0 Å². The highest BCUT2D eigenvalue weighted by Gasteiger charge is 2.19. The maximum Gasteiger partial charge on any atom is 0.301 e. The van der Waals surface area contributed by atoms with Gasteiger partial charge in [0.15, 0.2) is 0 Å². The quantitative estimate of drug-likeness (QED) is 0.484. The maximum atomic E-state index is 11.0. The molecule has 0 radical (unpaired) electrons. The summed E-state index contributed by atoms with van der Waals surface area (Å²) in [4.78, 5) is 30.1. The highest BCUT2D eigenvalue weighted by Crippen LogP contribution is 2.28. The van der Waals surface area contributed by atoms with Gasteiger partial charge in [0, 0.05) is 18.2 Å². The van der Waals surface area contributed by atoms with Crippen molar-refractivity contribution < 1.29 is 14.8 Å². The van der Waals surface area contributed by atoms with Crippen molar-refractivity contribution in [3.05, 3.63) is 78.4 Å². The summed E-state index contributed by atoms with van der Waals surface area (Å²) in [6.45, 7) is 0. The number of nitro benzene ring substituents is 3. The molecule has 0 heterocycles. The minimum atomic E-state index is -0.767. The van der Waals surface area contributed by atoms with Crippen LogP contribution in [0.2, 0.25) is 0 Å². The molecule has 0 fully saturated rings. The molecule has 11 nitrogen and oxygen atoms in total. The Hall–Kier alpha value is -3.89. The molecule has 0 spiro atoms. The zero-order valence-electron chi connectivity index (χ0n) is 11.9. The molecule has 0 aliphatic rings. The van der Waals surface area contributed by atoms with E-state index in [2.05, 4.69) is 10.5 Å². The summed E-state index contributed by atoms with van der Waals surface area (Å²) < 4.78 is 0. The molecule has 0 aliphatic heterocycles. The third-order valence-corrected chi connectivity index (χ3v) is 2.89. The number of nitrogens with one attached hydrogen (secondary N) is 1. The van der Waals surface area contributed by atoms with Crippen LogP contribution in [0.15, 0.2) is 47.6 Å². The molecule has 0 atom stereocenters. The summed E-state index contributed by atoms with van der Waals surface area (Å²) in [5.74, 6) is 0. The first kappa shape index (κ1) is 16.5. The Bertz CT molecular complexity index is 833. The van der Waals surface area contributed by atoms with Gasteiger partial charge in [-0.2, -0.15) is 5.10 Å². The minimum Gasteiger partial charge on any atom is -0.272 e. The van der Waals surface area contributed by atoms with Crippen LogP contribution in [-0.4, -0.2) is 21.0 Å². The Morgan fingerprint density at radius 3 is 1.96 bits per heavy atom. The molecule has 0 bridgehead atoms. The lowest BCUT2D eigenvalue weighted by atomic mass is 10.2. The molecular formula is C13H9N5O6. The lowest BCUT2D eigenvalue weighted by molar-refractivity contribution is -0.393. The fourth-order valence-corrected chi connectivity index (χ4v) is 1.74. The number of nitrogens with zero attached hydrogens (tertiary/aromatic N) is 4. The zero-order valence-corrected chi connectivity index (χ0v) is 11.9. The van der Waals surface area contributed by atoms with Crippen molar-refractivity contribution in [1.29, 1.82) is 0 Å². The summed E-state index contributed by atoms with van der Waals surface area (Å²) in [5, 5.41) is 35.9. The van der Waals surface area contributed by atoms with Gasteiger partial charge in [0.2, 0.25) is 0 Å². The molecule has 2 aromatic rings. The second kappa shape index (κ2) is 6.91. The van der Waals surface area contributed by atoms with Crippen LogP contribution < -0.4 is 5.43 Å². The number of non-ortho nitro benzene ring substituents is 2. The van der Waals surface area contributed by atoms with E-state index in [1.54, 1.807) is 0 Å². The Kier molecular flexibility index (Phi) is 4.75. The van der Waals surface area contributed by atoms with E-state index in [4.69, 9.17) is 0 Å². The summed E-state index contributed by atoms with van der Waals surface area (Å²) in [6, 6.07) is 8.58. The molecule has 0 unspecified atom stereocenters. The van der Waals surface area contributed by atoms with Crippen LogP contribution >= 0.6 is 0 Å². The standard InChI is InChI=1S/C13H9N5O6/c19-16(20)10-3-1-9(2-4-10)8-14-15-12-6-5-11(17(21)22)7-13(12)18(23)24/h1-8,15H/b14-8-. The number of hydrazone groups is 1. The molecule has 0 saturated carbocycles. The van der Waals surface area contributed by atoms with Crippen molar-refractivity contribution in [3.63, 3.8) is 0 Å². The van der Waals surface area contributed by atoms with E-state index in [1.165, 1.54) is 36.5 Å². The Balaban J connectivity index is 2.17. The molecule has 0 amide bonds. The molecule has 1 N–H and O–H groups in total. The Morgan fingerprint density at radius 2 is 1.42 bits per heavy atom. The van der Waals surface area contributed by atoms with Crippen LogP contribution in [0.3, 0.4) is 0 Å². The second-order valence-corrected chi connectivity index (χ2v) is 4.43. The molecule has 24 heavy (non-hydrogen) atoms. The van der Waals surface area contributed by atoms with E-state index in [9.17, 15) is 30.3 Å². The van der Waals surface area contributed by atoms with Crippen LogP contribution in [-0.2, 0) is 0 Å². The average molecular weight is 331 g/mol. The number of anilines is 1. The minimum absolute atomic E-state index is 0.0243. The van der Waals surface area contributed by atoms with Crippen LogP contribution in [0.1, 0.15) is 5.56 Å². The van der Waals surface area contributed by atoms with Gasteiger partial charge in [-0.25, -0.2) is 0 Å². The van der Waals surface area contributed by atoms with Gasteiger partial charge in [0.25, 0.3) is 11.4 Å². The molecule has 2 aromatic carbocycles. The number of hydrogen-bond acceptors (Lipinski definition) is 8. The molecule has 0 aromatic heterocycles. The van der Waals surface area contributed by atoms with Crippen LogP contribution in [0.5, 0.6) is 0 Å². The fraction of sp³-hybridized carbons (Fsp3) is 0. The molecule has 11 heteroatoms. The Labute approximate surface area is 133 Å². The third-order valence-electron chi connectivity index (χ3n) is 2.89. The predicted molar refractivity (Wildman–Crippen MR) is 84.1 cm³/mol. The van der Waals surface area contributed by atoms with Crippen molar-refractivity contribution in [1.82, 2.24) is 0 Å². The van der Waals surface area contributed by atoms with Gasteiger partial charge in [0.1, 0.15) is 5.69 Å². The summed E-state index contributed by atoms with van der Waals surface area (Å²) in [6.07, 6.45) is 1.30. The van der Waals surface area contributed by atoms with Crippen LogP contribution in [0.4, 0.5) is 22.7 Å². The smallest absolute Gasteiger partial charge is 0.272 e. The highest BCUT2D eigenvalue weighted by molar-refractivity contribution is 5.81. The molecule has 0 aliphatic carbocycles.